The van der Waals surface area contributed by atoms with Crippen LogP contribution in [0.1, 0.15) is 12.8 Å². The normalized spacial score (nSPS) is 27.9. The molecule has 1 saturated carbocycles. The zero-order chi connectivity index (χ0) is 20.0. The fraction of sp³-hybridized carbons (Fsp3) is 0.667. The Morgan fingerprint density at radius 1 is 1.58 bits per heavy atom. The van der Waals surface area contributed by atoms with Gasteiger partial charge in [0.05, 0.1) is 0 Å². The van der Waals surface area contributed by atoms with Crippen molar-refractivity contribution in [3.8, 4) is 0 Å². The van der Waals surface area contributed by atoms with Crippen molar-refractivity contribution in [2.45, 2.75) is 29.8 Å². The second kappa shape index (κ2) is 6.89. The number of hydrogen-bond acceptors (Lipinski definition) is 10. The summed E-state index contributed by atoms with van der Waals surface area (Å²) in [6, 6.07) is 0. The van der Waals surface area contributed by atoms with Crippen molar-refractivity contribution in [2.75, 3.05) is 13.2 Å². The average Bonchev–Trinajstić information content (AvgIpc) is 2.97. The first kappa shape index (κ1) is 22.4. The van der Waals surface area contributed by atoms with Crippen molar-refractivity contribution in [3.05, 3.63) is 18.7 Å². The van der Waals surface area contributed by atoms with E-state index in [4.69, 9.17) is 5.73 Å². The quantitative estimate of drug-likeness (QED) is 0.104. The summed E-state index contributed by atoms with van der Waals surface area (Å²) in [4.78, 5) is 63.5. The summed E-state index contributed by atoms with van der Waals surface area (Å²) in [5.74, 6) is -1.81. The molecule has 1 aliphatic rings. The second-order valence-corrected chi connectivity index (χ2v) is 20.0. The van der Waals surface area contributed by atoms with E-state index in [-0.39, 0.29) is 12.8 Å². The number of aromatic nitrogens is 2. The van der Waals surface area contributed by atoms with Crippen molar-refractivity contribution >= 4 is 40.2 Å². The number of hydrogen-bond donors (Lipinski definition) is 7. The van der Waals surface area contributed by atoms with Crippen LogP contribution in [-0.4, -0.2) is 68.9 Å². The van der Waals surface area contributed by atoms with Crippen LogP contribution in [0.15, 0.2) is 18.7 Å². The van der Waals surface area contributed by atoms with Crippen molar-refractivity contribution in [1.82, 2.24) is 9.55 Å². The predicted octanol–water partition coefficient (Wildman–Crippen LogP) is -0.167. The number of Topliss-reactive ketones (excluding diaryl/α,β-unsaturated/α-hetero) is 1. The number of rotatable bonds is 8. The average molecular weight is 526 g/mol. The zero-order valence-corrected chi connectivity index (χ0v) is 17.8. The first-order valence-corrected chi connectivity index (χ1v) is 14.6. The van der Waals surface area contributed by atoms with E-state index in [1.165, 1.54) is 45.3 Å². The standard InChI is InChI=1S/C12H22IN3O8P2/c1-26(13,22,23)12(18,7-16-5-4-15-8-16)25(20,21)11(24-19)3-2-9(11)10(17)6-14/h4-5,8-9,18,20-23H,2-3,6-7,14H2,1H3/p+1/t9?,11-,12?/m0/s1. The Kier molecular flexibility index (Phi) is 5.94. The molecule has 1 aromatic heterocycles. The molecule has 150 valence electrons. The van der Waals surface area contributed by atoms with Gasteiger partial charge in [0.25, 0.3) is 0 Å². The number of carbonyl (C=O) groups is 1. The van der Waals surface area contributed by atoms with Gasteiger partial charge in [-0.05, 0) is 0 Å². The van der Waals surface area contributed by atoms with E-state index in [1.807, 2.05) is 0 Å². The minimum absolute atomic E-state index is 0.137. The summed E-state index contributed by atoms with van der Waals surface area (Å²) in [7, 11) is -4.94. The topological polar surface area (TPSA) is 192 Å². The molecule has 2 rings (SSSR count). The Morgan fingerprint density at radius 3 is 2.54 bits per heavy atom. The van der Waals surface area contributed by atoms with E-state index < -0.39 is 47.6 Å². The van der Waals surface area contributed by atoms with Crippen molar-refractivity contribution in [2.24, 2.45) is 11.7 Å². The molecule has 1 aromatic rings. The Hall–Kier alpha value is 0.150. The number of ketones is 1. The number of nitrogens with two attached hydrogens (primary N) is 1. The van der Waals surface area contributed by atoms with Gasteiger partial charge in [0.1, 0.15) is 0 Å². The molecule has 0 bridgehead atoms. The molecule has 2 unspecified atom stereocenters. The van der Waals surface area contributed by atoms with Gasteiger partial charge < -0.3 is 0 Å². The van der Waals surface area contributed by atoms with E-state index in [0.717, 1.165) is 6.66 Å². The molecule has 26 heavy (non-hydrogen) atoms. The summed E-state index contributed by atoms with van der Waals surface area (Å²) in [5.41, 5.74) is 5.33. The molecule has 0 radical (unpaired) electrons. The van der Waals surface area contributed by atoms with Gasteiger partial charge in [-0.3, -0.25) is 0 Å². The Labute approximate surface area is 162 Å². The molecule has 1 fully saturated rings. The van der Waals surface area contributed by atoms with E-state index in [1.54, 1.807) is 0 Å². The van der Waals surface area contributed by atoms with Gasteiger partial charge in [0, 0.05) is 0 Å². The van der Waals surface area contributed by atoms with Gasteiger partial charge in [-0.2, -0.15) is 0 Å². The molecule has 3 atom stereocenters. The van der Waals surface area contributed by atoms with Crippen LogP contribution in [0.5, 0.6) is 0 Å². The van der Waals surface area contributed by atoms with Crippen LogP contribution in [0.3, 0.4) is 0 Å². The number of carbonyl (C=O) groups excluding carboxylic acids is 1. The molecule has 0 spiro atoms. The molecule has 1 aliphatic carbocycles. The van der Waals surface area contributed by atoms with Gasteiger partial charge in [-0.25, -0.2) is 0 Å². The molecule has 0 saturated heterocycles. The van der Waals surface area contributed by atoms with Gasteiger partial charge in [0.2, 0.25) is 0 Å². The van der Waals surface area contributed by atoms with Crippen LogP contribution in [0.2, 0.25) is 0 Å². The Morgan fingerprint density at radius 2 is 2.19 bits per heavy atom. The van der Waals surface area contributed by atoms with E-state index >= 15 is 0 Å². The van der Waals surface area contributed by atoms with E-state index in [0.29, 0.717) is 0 Å². The fourth-order valence-electron chi connectivity index (χ4n) is 3.13. The third-order valence-corrected chi connectivity index (χ3v) is 15.3. The van der Waals surface area contributed by atoms with Gasteiger partial charge >= 0.3 is 163 Å². The van der Waals surface area contributed by atoms with Crippen LogP contribution < -0.4 is 5.73 Å². The van der Waals surface area contributed by atoms with Gasteiger partial charge in [-0.1, -0.05) is 0 Å². The summed E-state index contributed by atoms with van der Waals surface area (Å²) < 4.78 is -3.96. The monoisotopic (exact) mass is 526 g/mol. The minimum atomic E-state index is -5.18. The molecule has 1 heterocycles. The summed E-state index contributed by atoms with van der Waals surface area (Å²) in [6.07, 6.45) is 3.91. The SMILES string of the molecule is CP(O)(O)(I)C(O)(Cn1ccnc1)[P+](O)(O)[C@@]1(OO)CCC1C(=O)CN. The van der Waals surface area contributed by atoms with Crippen molar-refractivity contribution in [1.29, 1.82) is 0 Å². The number of halogens is 1. The van der Waals surface area contributed by atoms with Gasteiger partial charge in [-0.15, -0.1) is 0 Å². The predicted molar refractivity (Wildman–Crippen MR) is 103 cm³/mol. The Bertz CT molecular complexity index is 669. The molecular formula is C12H23IN3O8P2+. The molecule has 8 N–H and O–H groups in total. The summed E-state index contributed by atoms with van der Waals surface area (Å²) >= 11 is 1.19. The van der Waals surface area contributed by atoms with Crippen LogP contribution >= 0.6 is 34.5 Å². The first-order valence-electron chi connectivity index (χ1n) is 7.54. The maximum absolute atomic E-state index is 12.1. The fourth-order valence-corrected chi connectivity index (χ4v) is 12.1. The first-order chi connectivity index (χ1) is 11.7. The molecule has 0 aliphatic heterocycles. The van der Waals surface area contributed by atoms with Crippen LogP contribution in [-0.2, 0) is 16.2 Å². The third-order valence-electron chi connectivity index (χ3n) is 4.88. The number of nitrogens with zero attached hydrogens (tertiary/aromatic N) is 2. The number of imidazole rings is 1. The molecule has 14 heteroatoms. The molecule has 11 nitrogen and oxygen atoms in total. The second-order valence-electron chi connectivity index (χ2n) is 6.63. The third kappa shape index (κ3) is 3.25. The zero-order valence-electron chi connectivity index (χ0n) is 13.9. The molecule has 0 aromatic carbocycles. The number of aliphatic hydroxyl groups is 1. The Balaban J connectivity index is 2.60. The summed E-state index contributed by atoms with van der Waals surface area (Å²) in [6.45, 7) is -0.200. The van der Waals surface area contributed by atoms with E-state index in [2.05, 4.69) is 9.87 Å². The van der Waals surface area contributed by atoms with Gasteiger partial charge in [0.15, 0.2) is 0 Å². The molecular weight excluding hydrogens is 503 g/mol. The van der Waals surface area contributed by atoms with Crippen LogP contribution in [0.4, 0.5) is 0 Å². The summed E-state index contributed by atoms with van der Waals surface area (Å²) in [5, 5.41) is 15.5. The van der Waals surface area contributed by atoms with Crippen LogP contribution in [0.25, 0.3) is 0 Å². The maximum atomic E-state index is 12.1. The van der Waals surface area contributed by atoms with Crippen molar-refractivity contribution in [3.63, 3.8) is 0 Å². The molecule has 0 amide bonds. The van der Waals surface area contributed by atoms with Crippen molar-refractivity contribution < 1.29 is 39.6 Å². The van der Waals surface area contributed by atoms with Crippen LogP contribution in [0, 0.1) is 5.92 Å². The van der Waals surface area contributed by atoms with E-state index in [9.17, 15) is 34.7 Å².